The molecule has 4 rings (SSSR count). The maximum atomic E-state index is 12.6. The summed E-state index contributed by atoms with van der Waals surface area (Å²) in [5.74, 6) is -0.696. The number of hydrogen-bond acceptors (Lipinski definition) is 3. The van der Waals surface area contributed by atoms with Crippen LogP contribution in [0.25, 0.3) is 0 Å². The summed E-state index contributed by atoms with van der Waals surface area (Å²) >= 11 is 3.44. The van der Waals surface area contributed by atoms with Gasteiger partial charge in [0.1, 0.15) is 0 Å². The summed E-state index contributed by atoms with van der Waals surface area (Å²) in [6.45, 7) is 1.95. The fourth-order valence-corrected chi connectivity index (χ4v) is 3.98. The number of hydrogen-bond donors (Lipinski definition) is 0. The third-order valence-electron chi connectivity index (χ3n) is 4.68. The van der Waals surface area contributed by atoms with E-state index in [-0.39, 0.29) is 35.9 Å². The summed E-state index contributed by atoms with van der Waals surface area (Å²) in [5.41, 5.74) is 1.69. The van der Waals surface area contributed by atoms with E-state index in [4.69, 9.17) is 4.74 Å². The highest BCUT2D eigenvalue weighted by molar-refractivity contribution is 9.10. The van der Waals surface area contributed by atoms with E-state index in [2.05, 4.69) is 15.9 Å². The second kappa shape index (κ2) is 4.15. The molecule has 2 bridgehead atoms. The van der Waals surface area contributed by atoms with E-state index >= 15 is 0 Å². The van der Waals surface area contributed by atoms with Crippen LogP contribution in [0.2, 0.25) is 0 Å². The molecule has 3 aliphatic heterocycles. The van der Waals surface area contributed by atoms with Crippen molar-refractivity contribution in [3.8, 4) is 0 Å². The van der Waals surface area contributed by atoms with Gasteiger partial charge in [0.25, 0.3) is 0 Å². The van der Waals surface area contributed by atoms with E-state index in [1.165, 1.54) is 4.90 Å². The molecule has 3 aliphatic rings. The van der Waals surface area contributed by atoms with Crippen LogP contribution in [0.3, 0.4) is 0 Å². The predicted molar refractivity (Wildman–Crippen MR) is 76.2 cm³/mol. The molecule has 20 heavy (non-hydrogen) atoms. The highest BCUT2D eigenvalue weighted by Crippen LogP contribution is 2.49. The largest absolute Gasteiger partial charge is 0.373 e. The van der Waals surface area contributed by atoms with Crippen molar-refractivity contribution < 1.29 is 14.3 Å². The Morgan fingerprint density at radius 1 is 1.15 bits per heavy atom. The number of fused-ring (bicyclic) bond motifs is 5. The molecule has 104 valence electrons. The highest BCUT2D eigenvalue weighted by atomic mass is 79.9. The maximum Gasteiger partial charge on any atom is 0.240 e. The molecule has 0 unspecified atom stereocenters. The fourth-order valence-electron chi connectivity index (χ4n) is 3.73. The molecule has 3 fully saturated rings. The number of halogens is 1. The van der Waals surface area contributed by atoms with Crippen molar-refractivity contribution in [1.29, 1.82) is 0 Å². The molecule has 0 N–H and O–H groups in total. The standard InChI is InChI=1S/C15H14BrNO3/c1-7-6-8(2-3-9(7)16)17-14(18)12-10-4-5-11(20-10)13(12)15(17)19/h2-3,6,10-13H,4-5H2,1H3/t10-,11+,12-,13+. The van der Waals surface area contributed by atoms with E-state index in [0.717, 1.165) is 22.9 Å². The third kappa shape index (κ3) is 1.50. The minimum Gasteiger partial charge on any atom is -0.373 e. The van der Waals surface area contributed by atoms with Gasteiger partial charge in [-0.05, 0) is 43.5 Å². The quantitative estimate of drug-likeness (QED) is 0.740. The van der Waals surface area contributed by atoms with Crippen molar-refractivity contribution in [3.05, 3.63) is 28.2 Å². The van der Waals surface area contributed by atoms with Crippen molar-refractivity contribution >= 4 is 33.4 Å². The summed E-state index contributed by atoms with van der Waals surface area (Å²) < 4.78 is 6.71. The zero-order chi connectivity index (χ0) is 14.0. The van der Waals surface area contributed by atoms with E-state index < -0.39 is 0 Å². The molecule has 1 aromatic carbocycles. The van der Waals surface area contributed by atoms with E-state index in [1.807, 2.05) is 25.1 Å². The first-order valence-corrected chi connectivity index (χ1v) is 7.66. The van der Waals surface area contributed by atoms with Crippen molar-refractivity contribution in [2.45, 2.75) is 32.0 Å². The lowest BCUT2D eigenvalue weighted by molar-refractivity contribution is -0.124. The number of imide groups is 1. The Labute approximate surface area is 125 Å². The lowest BCUT2D eigenvalue weighted by Gasteiger charge is -2.18. The molecule has 1 aromatic rings. The van der Waals surface area contributed by atoms with Crippen LogP contribution in [0.4, 0.5) is 5.69 Å². The van der Waals surface area contributed by atoms with E-state index in [1.54, 1.807) is 0 Å². The molecule has 0 saturated carbocycles. The summed E-state index contributed by atoms with van der Waals surface area (Å²) in [7, 11) is 0. The predicted octanol–water partition coefficient (Wildman–Crippen LogP) is 2.42. The SMILES string of the molecule is Cc1cc(N2C(=O)[C@@H]3[C@H](C2=O)[C@H]2CC[C@@H]3O2)ccc1Br. The van der Waals surface area contributed by atoms with Gasteiger partial charge in [0.05, 0.1) is 29.7 Å². The monoisotopic (exact) mass is 335 g/mol. The average Bonchev–Trinajstić information content (AvgIpc) is 3.08. The lowest BCUT2D eigenvalue weighted by Crippen LogP contribution is -2.34. The second-order valence-electron chi connectivity index (χ2n) is 5.79. The van der Waals surface area contributed by atoms with E-state index in [0.29, 0.717) is 5.69 Å². The van der Waals surface area contributed by atoms with Gasteiger partial charge in [-0.25, -0.2) is 4.90 Å². The molecule has 0 aromatic heterocycles. The molecule has 3 heterocycles. The minimum atomic E-state index is -0.259. The van der Waals surface area contributed by atoms with Crippen molar-refractivity contribution in [2.24, 2.45) is 11.8 Å². The van der Waals surface area contributed by atoms with Crippen LogP contribution in [-0.2, 0) is 14.3 Å². The molecule has 2 amide bonds. The minimum absolute atomic E-state index is 0.0528. The van der Waals surface area contributed by atoms with Crippen molar-refractivity contribution in [1.82, 2.24) is 0 Å². The van der Waals surface area contributed by atoms with Crippen LogP contribution in [0.5, 0.6) is 0 Å². The van der Waals surface area contributed by atoms with Gasteiger partial charge in [0, 0.05) is 4.47 Å². The first-order chi connectivity index (χ1) is 9.58. The van der Waals surface area contributed by atoms with Gasteiger partial charge in [-0.3, -0.25) is 9.59 Å². The Morgan fingerprint density at radius 2 is 1.75 bits per heavy atom. The van der Waals surface area contributed by atoms with Crippen LogP contribution in [0.15, 0.2) is 22.7 Å². The Morgan fingerprint density at radius 3 is 2.30 bits per heavy atom. The number of ether oxygens (including phenoxy) is 1. The topological polar surface area (TPSA) is 46.6 Å². The average molecular weight is 336 g/mol. The molecule has 3 saturated heterocycles. The number of aryl methyl sites for hydroxylation is 1. The summed E-state index contributed by atoms with van der Waals surface area (Å²) in [6.07, 6.45) is 1.70. The second-order valence-corrected chi connectivity index (χ2v) is 6.64. The molecule has 4 atom stereocenters. The Bertz CT molecular complexity index is 602. The van der Waals surface area contributed by atoms with Crippen LogP contribution in [0.1, 0.15) is 18.4 Å². The van der Waals surface area contributed by atoms with Gasteiger partial charge < -0.3 is 4.74 Å². The zero-order valence-electron chi connectivity index (χ0n) is 11.0. The third-order valence-corrected chi connectivity index (χ3v) is 5.57. The molecular formula is C15H14BrNO3. The van der Waals surface area contributed by atoms with Crippen molar-refractivity contribution in [3.63, 3.8) is 0 Å². The van der Waals surface area contributed by atoms with Gasteiger partial charge >= 0.3 is 0 Å². The Hall–Kier alpha value is -1.20. The van der Waals surface area contributed by atoms with Crippen molar-refractivity contribution in [2.75, 3.05) is 4.90 Å². The molecular weight excluding hydrogens is 322 g/mol. The van der Waals surface area contributed by atoms with Crippen LogP contribution in [0, 0.1) is 18.8 Å². The van der Waals surface area contributed by atoms with Gasteiger partial charge in [0.2, 0.25) is 11.8 Å². The summed E-state index contributed by atoms with van der Waals surface area (Å²) in [6, 6.07) is 5.57. The normalized spacial score (nSPS) is 35.0. The number of amides is 2. The molecule has 0 radical (unpaired) electrons. The van der Waals surface area contributed by atoms with E-state index in [9.17, 15) is 9.59 Å². The molecule has 0 spiro atoms. The Balaban J connectivity index is 1.74. The first-order valence-electron chi connectivity index (χ1n) is 6.87. The molecule has 5 heteroatoms. The number of carbonyl (C=O) groups excluding carboxylic acids is 2. The summed E-state index contributed by atoms with van der Waals surface area (Å²) in [5, 5.41) is 0. The zero-order valence-corrected chi connectivity index (χ0v) is 12.6. The van der Waals surface area contributed by atoms with Crippen LogP contribution in [-0.4, -0.2) is 24.0 Å². The number of carbonyl (C=O) groups is 2. The fraction of sp³-hybridized carbons (Fsp3) is 0.467. The number of rotatable bonds is 1. The van der Waals surface area contributed by atoms with Gasteiger partial charge in [-0.15, -0.1) is 0 Å². The van der Waals surface area contributed by atoms with Crippen LogP contribution >= 0.6 is 15.9 Å². The molecule has 4 nitrogen and oxygen atoms in total. The number of nitrogens with zero attached hydrogens (tertiary/aromatic N) is 1. The van der Waals surface area contributed by atoms with Crippen LogP contribution < -0.4 is 4.90 Å². The first kappa shape index (κ1) is 12.5. The summed E-state index contributed by atoms with van der Waals surface area (Å²) in [4.78, 5) is 26.6. The number of benzene rings is 1. The highest BCUT2D eigenvalue weighted by Gasteiger charge is 2.62. The van der Waals surface area contributed by atoms with Gasteiger partial charge in [-0.1, -0.05) is 15.9 Å². The lowest BCUT2D eigenvalue weighted by atomic mass is 9.81. The molecule has 0 aliphatic carbocycles. The smallest absolute Gasteiger partial charge is 0.240 e. The Kier molecular flexibility index (Phi) is 2.60. The van der Waals surface area contributed by atoms with Gasteiger partial charge in [-0.2, -0.15) is 0 Å². The number of anilines is 1. The van der Waals surface area contributed by atoms with Gasteiger partial charge in [0.15, 0.2) is 0 Å². The maximum absolute atomic E-state index is 12.6.